The summed E-state index contributed by atoms with van der Waals surface area (Å²) in [6.07, 6.45) is 4.05. The number of rotatable bonds is 4. The van der Waals surface area contributed by atoms with Crippen molar-refractivity contribution >= 4 is 23.1 Å². The second-order valence-electron chi connectivity index (χ2n) is 5.75. The Balaban J connectivity index is 1.87. The summed E-state index contributed by atoms with van der Waals surface area (Å²) in [6.45, 7) is 1.21. The van der Waals surface area contributed by atoms with Crippen molar-refractivity contribution in [3.63, 3.8) is 0 Å². The first kappa shape index (κ1) is 14.1. The highest BCUT2D eigenvalue weighted by molar-refractivity contribution is 6.52. The number of likely N-dealkylation sites (N-methyl/N-ethyl adjacent to an activating group) is 1. The first-order chi connectivity index (χ1) is 10.1. The number of fused-ring (bicyclic) bond motifs is 1. The molecule has 1 aromatic rings. The van der Waals surface area contributed by atoms with Crippen LogP contribution in [0.1, 0.15) is 36.0 Å². The van der Waals surface area contributed by atoms with E-state index in [4.69, 9.17) is 5.11 Å². The molecule has 1 atom stereocenters. The van der Waals surface area contributed by atoms with Crippen LogP contribution in [0.2, 0.25) is 0 Å². The fraction of sp³-hybridized carbons (Fsp3) is 0.500. The summed E-state index contributed by atoms with van der Waals surface area (Å²) < 4.78 is 0. The third-order valence-corrected chi connectivity index (χ3v) is 4.49. The molecule has 0 aromatic heterocycles. The molecule has 5 nitrogen and oxygen atoms in total. The van der Waals surface area contributed by atoms with Crippen molar-refractivity contribution < 1.29 is 14.7 Å². The summed E-state index contributed by atoms with van der Waals surface area (Å²) in [5, 5.41) is 9.00. The molecule has 1 unspecified atom stereocenters. The van der Waals surface area contributed by atoms with Gasteiger partial charge in [0.2, 0.25) is 0 Å². The number of aliphatic hydroxyl groups excluding tert-OH is 1. The van der Waals surface area contributed by atoms with Crippen LogP contribution in [0.3, 0.4) is 0 Å². The fourth-order valence-electron chi connectivity index (χ4n) is 3.35. The Hall–Kier alpha value is -1.88. The molecule has 0 bridgehead atoms. The van der Waals surface area contributed by atoms with Gasteiger partial charge in [-0.25, -0.2) is 0 Å². The summed E-state index contributed by atoms with van der Waals surface area (Å²) in [7, 11) is 1.64. The second kappa shape index (κ2) is 5.48. The lowest BCUT2D eigenvalue weighted by Gasteiger charge is -2.27. The summed E-state index contributed by atoms with van der Waals surface area (Å²) in [5.41, 5.74) is 2.26. The van der Waals surface area contributed by atoms with Gasteiger partial charge >= 0.3 is 0 Å². The van der Waals surface area contributed by atoms with E-state index in [9.17, 15) is 9.59 Å². The minimum atomic E-state index is -0.458. The van der Waals surface area contributed by atoms with Crippen LogP contribution in [0.15, 0.2) is 18.2 Å². The largest absolute Gasteiger partial charge is 0.396 e. The molecule has 1 amide bonds. The molecular weight excluding hydrogens is 268 g/mol. The summed E-state index contributed by atoms with van der Waals surface area (Å²) >= 11 is 0. The van der Waals surface area contributed by atoms with Crippen LogP contribution >= 0.6 is 0 Å². The lowest BCUT2D eigenvalue weighted by molar-refractivity contribution is -0.114. The number of ketones is 1. The van der Waals surface area contributed by atoms with E-state index in [1.165, 1.54) is 4.90 Å². The van der Waals surface area contributed by atoms with Crippen LogP contribution in [-0.4, -0.2) is 43.0 Å². The van der Waals surface area contributed by atoms with Gasteiger partial charge in [-0.05, 0) is 43.9 Å². The quantitative estimate of drug-likeness (QED) is 0.855. The van der Waals surface area contributed by atoms with Gasteiger partial charge in [-0.2, -0.15) is 0 Å². The Morgan fingerprint density at radius 2 is 2.14 bits per heavy atom. The number of amides is 1. The van der Waals surface area contributed by atoms with Crippen molar-refractivity contribution in [1.82, 2.24) is 0 Å². The van der Waals surface area contributed by atoms with E-state index in [-0.39, 0.29) is 6.61 Å². The van der Waals surface area contributed by atoms with Crippen LogP contribution in [0.25, 0.3) is 0 Å². The highest BCUT2D eigenvalue weighted by Crippen LogP contribution is 2.35. The maximum Gasteiger partial charge on any atom is 0.299 e. The van der Waals surface area contributed by atoms with Crippen molar-refractivity contribution in [2.75, 3.05) is 30.0 Å². The molecule has 1 aromatic carbocycles. The SMILES string of the molecule is CN1C(=O)C(=O)c2ccc(N3CCCC3CCCO)cc21. The minimum Gasteiger partial charge on any atom is -0.396 e. The molecule has 0 spiro atoms. The van der Waals surface area contributed by atoms with E-state index in [1.807, 2.05) is 12.1 Å². The number of carbonyl (C=O) groups excluding carboxylic acids is 2. The van der Waals surface area contributed by atoms with E-state index in [1.54, 1.807) is 13.1 Å². The Labute approximate surface area is 124 Å². The third-order valence-electron chi connectivity index (χ3n) is 4.49. The molecule has 2 aliphatic rings. The average molecular weight is 288 g/mol. The van der Waals surface area contributed by atoms with E-state index in [0.29, 0.717) is 17.3 Å². The van der Waals surface area contributed by atoms with Gasteiger partial charge in [-0.15, -0.1) is 0 Å². The molecule has 5 heteroatoms. The van der Waals surface area contributed by atoms with Gasteiger partial charge in [-0.3, -0.25) is 9.59 Å². The normalized spacial score (nSPS) is 21.3. The monoisotopic (exact) mass is 288 g/mol. The smallest absolute Gasteiger partial charge is 0.299 e. The fourth-order valence-corrected chi connectivity index (χ4v) is 3.35. The maximum atomic E-state index is 11.8. The Bertz CT molecular complexity index is 585. The second-order valence-corrected chi connectivity index (χ2v) is 5.75. The molecule has 0 radical (unpaired) electrons. The number of carbonyl (C=O) groups is 2. The predicted molar refractivity (Wildman–Crippen MR) is 80.9 cm³/mol. The number of aliphatic hydroxyl groups is 1. The molecule has 1 N–H and O–H groups in total. The van der Waals surface area contributed by atoms with Crippen LogP contribution in [0, 0.1) is 0 Å². The Kier molecular flexibility index (Phi) is 3.68. The molecule has 1 saturated heterocycles. The summed E-state index contributed by atoms with van der Waals surface area (Å²) in [4.78, 5) is 27.3. The molecule has 0 aliphatic carbocycles. The molecule has 3 rings (SSSR count). The van der Waals surface area contributed by atoms with Gasteiger partial charge in [0, 0.05) is 31.9 Å². The van der Waals surface area contributed by atoms with Gasteiger partial charge in [0.25, 0.3) is 11.7 Å². The maximum absolute atomic E-state index is 11.8. The van der Waals surface area contributed by atoms with Crippen molar-refractivity contribution in [2.45, 2.75) is 31.7 Å². The molecule has 2 heterocycles. The highest BCUT2D eigenvalue weighted by Gasteiger charge is 2.34. The van der Waals surface area contributed by atoms with Crippen molar-refractivity contribution in [3.05, 3.63) is 23.8 Å². The molecule has 2 aliphatic heterocycles. The zero-order valence-corrected chi connectivity index (χ0v) is 12.2. The van der Waals surface area contributed by atoms with Crippen LogP contribution < -0.4 is 9.80 Å². The van der Waals surface area contributed by atoms with E-state index in [0.717, 1.165) is 37.9 Å². The number of anilines is 2. The standard InChI is InChI=1S/C16H20N2O3/c1-17-14-10-12(6-7-13(14)15(20)16(17)21)18-8-2-4-11(18)5-3-9-19/h6-7,10-11,19H,2-5,8-9H2,1H3. The van der Waals surface area contributed by atoms with Gasteiger partial charge in [0.15, 0.2) is 0 Å². The lowest BCUT2D eigenvalue weighted by Crippen LogP contribution is -2.29. The number of hydrogen-bond acceptors (Lipinski definition) is 4. The van der Waals surface area contributed by atoms with Gasteiger partial charge in [-0.1, -0.05) is 0 Å². The zero-order chi connectivity index (χ0) is 15.0. The van der Waals surface area contributed by atoms with Gasteiger partial charge in [0.05, 0.1) is 11.3 Å². The van der Waals surface area contributed by atoms with E-state index >= 15 is 0 Å². The minimum absolute atomic E-state index is 0.222. The number of benzene rings is 1. The summed E-state index contributed by atoms with van der Waals surface area (Å²) in [6, 6.07) is 6.07. The number of nitrogens with zero attached hydrogens (tertiary/aromatic N) is 2. The van der Waals surface area contributed by atoms with Crippen LogP contribution in [0.4, 0.5) is 11.4 Å². The molecular formula is C16H20N2O3. The molecule has 21 heavy (non-hydrogen) atoms. The van der Waals surface area contributed by atoms with E-state index < -0.39 is 11.7 Å². The summed E-state index contributed by atoms with van der Waals surface area (Å²) in [5.74, 6) is -0.877. The topological polar surface area (TPSA) is 60.9 Å². The number of hydrogen-bond donors (Lipinski definition) is 1. The molecule has 0 saturated carbocycles. The van der Waals surface area contributed by atoms with Crippen LogP contribution in [0.5, 0.6) is 0 Å². The van der Waals surface area contributed by atoms with Gasteiger partial charge in [0.1, 0.15) is 0 Å². The number of Topliss-reactive ketones (excluding diaryl/α,β-unsaturated/α-hetero) is 1. The first-order valence-corrected chi connectivity index (χ1v) is 7.47. The molecule has 112 valence electrons. The highest BCUT2D eigenvalue weighted by atomic mass is 16.3. The lowest BCUT2D eigenvalue weighted by atomic mass is 10.1. The zero-order valence-electron chi connectivity index (χ0n) is 12.2. The van der Waals surface area contributed by atoms with E-state index in [2.05, 4.69) is 4.90 Å². The Morgan fingerprint density at radius 3 is 2.90 bits per heavy atom. The van der Waals surface area contributed by atoms with Crippen molar-refractivity contribution in [3.8, 4) is 0 Å². The van der Waals surface area contributed by atoms with Crippen molar-refractivity contribution in [2.24, 2.45) is 0 Å². The molecule has 1 fully saturated rings. The third kappa shape index (κ3) is 2.31. The average Bonchev–Trinajstić information content (AvgIpc) is 3.05. The van der Waals surface area contributed by atoms with Crippen LogP contribution in [-0.2, 0) is 4.79 Å². The Morgan fingerprint density at radius 1 is 1.33 bits per heavy atom. The first-order valence-electron chi connectivity index (χ1n) is 7.47. The van der Waals surface area contributed by atoms with Crippen molar-refractivity contribution in [1.29, 1.82) is 0 Å². The predicted octanol–water partition coefficient (Wildman–Crippen LogP) is 1.59. The van der Waals surface area contributed by atoms with Gasteiger partial charge < -0.3 is 14.9 Å².